The molecule has 1 heterocycles. The smallest absolute Gasteiger partial charge is 0.0515 e. The topological polar surface area (TPSA) is 32.5 Å². The first-order valence-electron chi connectivity index (χ1n) is 5.58. The van der Waals surface area contributed by atoms with Gasteiger partial charge < -0.3 is 15.5 Å². The molecule has 2 N–H and O–H groups in total. The minimum atomic E-state index is 0.540. The van der Waals surface area contributed by atoms with Crippen LogP contribution in [0, 0.1) is 0 Å². The van der Waals surface area contributed by atoms with E-state index >= 15 is 0 Å². The molecule has 16 heavy (non-hydrogen) atoms. The van der Waals surface area contributed by atoms with Crippen LogP contribution >= 0.6 is 15.9 Å². The van der Waals surface area contributed by atoms with E-state index in [0.717, 1.165) is 29.8 Å². The molecule has 0 bridgehead atoms. The molecule has 1 atom stereocenters. The molecule has 1 fully saturated rings. The number of nitrogen functional groups attached to an aromatic ring is 1. The van der Waals surface area contributed by atoms with Crippen LogP contribution in [0.5, 0.6) is 0 Å². The molecule has 1 aliphatic rings. The number of hydrogen-bond acceptors (Lipinski definition) is 3. The van der Waals surface area contributed by atoms with Crippen LogP contribution in [0.25, 0.3) is 0 Å². The van der Waals surface area contributed by atoms with E-state index in [1.54, 1.807) is 0 Å². The molecule has 1 aliphatic heterocycles. The third kappa shape index (κ3) is 2.33. The molecule has 1 aromatic carbocycles. The number of benzene rings is 1. The van der Waals surface area contributed by atoms with Gasteiger partial charge in [-0.1, -0.05) is 0 Å². The van der Waals surface area contributed by atoms with E-state index in [1.165, 1.54) is 5.69 Å². The summed E-state index contributed by atoms with van der Waals surface area (Å²) in [5, 5.41) is 0. The van der Waals surface area contributed by atoms with Crippen LogP contribution in [0.3, 0.4) is 0 Å². The molecule has 0 aliphatic carbocycles. The van der Waals surface area contributed by atoms with Gasteiger partial charge in [-0.15, -0.1) is 0 Å². The van der Waals surface area contributed by atoms with E-state index in [9.17, 15) is 0 Å². The van der Waals surface area contributed by atoms with Crippen molar-refractivity contribution < 1.29 is 0 Å². The van der Waals surface area contributed by atoms with Crippen molar-refractivity contribution in [3.63, 3.8) is 0 Å². The van der Waals surface area contributed by atoms with E-state index in [-0.39, 0.29) is 0 Å². The maximum Gasteiger partial charge on any atom is 0.0515 e. The van der Waals surface area contributed by atoms with E-state index < -0.39 is 0 Å². The first-order valence-corrected chi connectivity index (χ1v) is 6.37. The molecule has 2 rings (SSSR count). The predicted octanol–water partition coefficient (Wildman–Crippen LogP) is 2.17. The lowest BCUT2D eigenvalue weighted by molar-refractivity contribution is 0.275. The zero-order valence-electron chi connectivity index (χ0n) is 9.78. The van der Waals surface area contributed by atoms with Crippen molar-refractivity contribution in [1.29, 1.82) is 0 Å². The number of hydrogen-bond donors (Lipinski definition) is 1. The number of halogens is 1. The van der Waals surface area contributed by atoms with Crippen molar-refractivity contribution in [1.82, 2.24) is 4.90 Å². The first-order chi connectivity index (χ1) is 7.58. The van der Waals surface area contributed by atoms with Gasteiger partial charge in [-0.2, -0.15) is 0 Å². The second kappa shape index (κ2) is 4.63. The van der Waals surface area contributed by atoms with Gasteiger partial charge in [-0.3, -0.25) is 0 Å². The summed E-state index contributed by atoms with van der Waals surface area (Å²) >= 11 is 3.59. The van der Waals surface area contributed by atoms with Crippen LogP contribution in [0.15, 0.2) is 22.7 Å². The highest BCUT2D eigenvalue weighted by Crippen LogP contribution is 2.30. The summed E-state index contributed by atoms with van der Waals surface area (Å²) in [6.07, 6.45) is 0. The second-order valence-corrected chi connectivity index (χ2v) is 5.37. The molecule has 88 valence electrons. The Morgan fingerprint density at radius 3 is 2.75 bits per heavy atom. The lowest BCUT2D eigenvalue weighted by atomic mass is 10.1. The predicted molar refractivity (Wildman–Crippen MR) is 72.9 cm³/mol. The van der Waals surface area contributed by atoms with Crippen LogP contribution in [0.4, 0.5) is 11.4 Å². The van der Waals surface area contributed by atoms with Gasteiger partial charge in [-0.25, -0.2) is 0 Å². The number of likely N-dealkylation sites (N-methyl/N-ethyl adjacent to an activating group) is 1. The average Bonchev–Trinajstić information content (AvgIpc) is 2.19. The lowest BCUT2D eigenvalue weighted by Gasteiger charge is -2.40. The highest BCUT2D eigenvalue weighted by molar-refractivity contribution is 9.10. The normalized spacial score (nSPS) is 22.4. The standard InChI is InChI=1S/C12H18BrN3/c1-9-8-15(2)5-6-16(9)12-4-3-10(14)7-11(12)13/h3-4,7,9H,5-6,8,14H2,1-2H3. The zero-order chi connectivity index (χ0) is 11.7. The van der Waals surface area contributed by atoms with Gasteiger partial charge in [0.25, 0.3) is 0 Å². The van der Waals surface area contributed by atoms with Gasteiger partial charge in [0.05, 0.1) is 5.69 Å². The fourth-order valence-corrected chi connectivity index (χ4v) is 2.88. The summed E-state index contributed by atoms with van der Waals surface area (Å²) in [5.74, 6) is 0. The molecular formula is C12H18BrN3. The molecule has 4 heteroatoms. The number of piperazine rings is 1. The monoisotopic (exact) mass is 283 g/mol. The van der Waals surface area contributed by atoms with E-state index in [1.807, 2.05) is 12.1 Å². The second-order valence-electron chi connectivity index (χ2n) is 4.52. The molecule has 3 nitrogen and oxygen atoms in total. The third-order valence-corrected chi connectivity index (χ3v) is 3.75. The summed E-state index contributed by atoms with van der Waals surface area (Å²) in [5.41, 5.74) is 7.81. The zero-order valence-corrected chi connectivity index (χ0v) is 11.4. The molecule has 0 saturated carbocycles. The quantitative estimate of drug-likeness (QED) is 0.802. The van der Waals surface area contributed by atoms with Crippen molar-refractivity contribution in [3.8, 4) is 0 Å². The molecule has 1 saturated heterocycles. The lowest BCUT2D eigenvalue weighted by Crippen LogP contribution is -2.50. The highest BCUT2D eigenvalue weighted by Gasteiger charge is 2.22. The fraction of sp³-hybridized carbons (Fsp3) is 0.500. The molecule has 0 spiro atoms. The maximum atomic E-state index is 5.76. The van der Waals surface area contributed by atoms with Crippen LogP contribution in [-0.2, 0) is 0 Å². The number of nitrogens with two attached hydrogens (primary N) is 1. The highest BCUT2D eigenvalue weighted by atomic mass is 79.9. The Balaban J connectivity index is 2.23. The van der Waals surface area contributed by atoms with Crippen LogP contribution in [0.1, 0.15) is 6.92 Å². The van der Waals surface area contributed by atoms with Gasteiger partial charge >= 0.3 is 0 Å². The Labute approximate surface area is 105 Å². The molecule has 0 radical (unpaired) electrons. The molecular weight excluding hydrogens is 266 g/mol. The molecule has 0 amide bonds. The summed E-state index contributed by atoms with van der Waals surface area (Å²) in [6, 6.07) is 6.57. The number of nitrogens with zero attached hydrogens (tertiary/aromatic N) is 2. The Morgan fingerprint density at radius 1 is 1.38 bits per heavy atom. The Kier molecular flexibility index (Phi) is 3.40. The summed E-state index contributed by atoms with van der Waals surface area (Å²) in [7, 11) is 2.17. The maximum absolute atomic E-state index is 5.76. The van der Waals surface area contributed by atoms with Gasteiger partial charge in [0.1, 0.15) is 0 Å². The van der Waals surface area contributed by atoms with Gasteiger partial charge in [-0.05, 0) is 48.1 Å². The van der Waals surface area contributed by atoms with Crippen LogP contribution < -0.4 is 10.6 Å². The SMILES string of the molecule is CC1CN(C)CCN1c1ccc(N)cc1Br. The summed E-state index contributed by atoms with van der Waals surface area (Å²) in [4.78, 5) is 4.80. The van der Waals surface area contributed by atoms with E-state index in [4.69, 9.17) is 5.73 Å². The molecule has 1 aromatic rings. The molecule has 1 unspecified atom stereocenters. The largest absolute Gasteiger partial charge is 0.399 e. The van der Waals surface area contributed by atoms with Crippen molar-refractivity contribution in [2.24, 2.45) is 0 Å². The minimum absolute atomic E-state index is 0.540. The molecule has 0 aromatic heterocycles. The van der Waals surface area contributed by atoms with Gasteiger partial charge in [0, 0.05) is 35.8 Å². The minimum Gasteiger partial charge on any atom is -0.399 e. The average molecular weight is 284 g/mol. The third-order valence-electron chi connectivity index (χ3n) is 3.11. The fourth-order valence-electron chi connectivity index (χ4n) is 2.25. The van der Waals surface area contributed by atoms with Gasteiger partial charge in [0.2, 0.25) is 0 Å². The summed E-state index contributed by atoms with van der Waals surface area (Å²) < 4.78 is 1.09. The van der Waals surface area contributed by atoms with Gasteiger partial charge in [0.15, 0.2) is 0 Å². The van der Waals surface area contributed by atoms with Crippen LogP contribution in [-0.4, -0.2) is 37.6 Å². The number of anilines is 2. The summed E-state index contributed by atoms with van der Waals surface area (Å²) in [6.45, 7) is 5.55. The van der Waals surface area contributed by atoms with E-state index in [2.05, 4.69) is 45.8 Å². The first kappa shape index (κ1) is 11.7. The van der Waals surface area contributed by atoms with Crippen LogP contribution in [0.2, 0.25) is 0 Å². The van der Waals surface area contributed by atoms with Crippen molar-refractivity contribution >= 4 is 27.3 Å². The Bertz CT molecular complexity index is 381. The van der Waals surface area contributed by atoms with Crippen molar-refractivity contribution in [2.75, 3.05) is 37.3 Å². The Hall–Kier alpha value is -0.740. The van der Waals surface area contributed by atoms with Crippen molar-refractivity contribution in [2.45, 2.75) is 13.0 Å². The van der Waals surface area contributed by atoms with E-state index in [0.29, 0.717) is 6.04 Å². The number of rotatable bonds is 1. The van der Waals surface area contributed by atoms with Crippen molar-refractivity contribution in [3.05, 3.63) is 22.7 Å². The Morgan fingerprint density at radius 2 is 2.12 bits per heavy atom.